The zero-order chi connectivity index (χ0) is 13.1. The van der Waals surface area contributed by atoms with Crippen molar-refractivity contribution < 1.29 is 4.39 Å². The van der Waals surface area contributed by atoms with Crippen molar-refractivity contribution in [1.82, 2.24) is 9.55 Å². The summed E-state index contributed by atoms with van der Waals surface area (Å²) < 4.78 is 15.8. The molecule has 0 bridgehead atoms. The Labute approximate surface area is 106 Å². The predicted octanol–water partition coefficient (Wildman–Crippen LogP) is 2.65. The minimum absolute atomic E-state index is 0.0877. The Morgan fingerprint density at radius 2 is 2.22 bits per heavy atom. The van der Waals surface area contributed by atoms with Gasteiger partial charge in [0.2, 0.25) is 0 Å². The normalized spacial score (nSPS) is 12.7. The second-order valence-corrected chi connectivity index (χ2v) is 4.45. The largest absolute Gasteiger partial charge is 0.335 e. The van der Waals surface area contributed by atoms with E-state index >= 15 is 0 Å². The van der Waals surface area contributed by atoms with Gasteiger partial charge >= 0.3 is 0 Å². The lowest BCUT2D eigenvalue weighted by Gasteiger charge is -2.10. The van der Waals surface area contributed by atoms with Gasteiger partial charge in [-0.1, -0.05) is 12.1 Å². The maximum absolute atomic E-state index is 13.8. The van der Waals surface area contributed by atoms with Crippen molar-refractivity contribution in [3.8, 4) is 0 Å². The molecule has 96 valence electrons. The molecule has 4 heteroatoms. The van der Waals surface area contributed by atoms with Crippen molar-refractivity contribution in [3.63, 3.8) is 0 Å². The second kappa shape index (κ2) is 5.31. The third kappa shape index (κ3) is 2.59. The van der Waals surface area contributed by atoms with Gasteiger partial charge in [-0.2, -0.15) is 0 Å². The monoisotopic (exact) mass is 247 g/mol. The van der Waals surface area contributed by atoms with Gasteiger partial charge in [0, 0.05) is 31.4 Å². The van der Waals surface area contributed by atoms with Crippen molar-refractivity contribution in [2.24, 2.45) is 5.73 Å². The number of aryl methyl sites for hydroxylation is 1. The zero-order valence-electron chi connectivity index (χ0n) is 10.7. The van der Waals surface area contributed by atoms with Crippen LogP contribution in [0.15, 0.2) is 30.6 Å². The molecule has 1 unspecified atom stereocenters. The quantitative estimate of drug-likeness (QED) is 0.902. The lowest BCUT2D eigenvalue weighted by molar-refractivity contribution is 0.605. The SMILES string of the molecule is CCn1ccnc1Cc1cc(C(C)N)ccc1F. The molecule has 1 aromatic heterocycles. The van der Waals surface area contributed by atoms with Crippen molar-refractivity contribution in [3.05, 3.63) is 53.4 Å². The highest BCUT2D eigenvalue weighted by molar-refractivity contribution is 5.29. The molecular formula is C14H18FN3. The van der Waals surface area contributed by atoms with Crippen LogP contribution in [0.3, 0.4) is 0 Å². The fraction of sp³-hybridized carbons (Fsp3) is 0.357. The average molecular weight is 247 g/mol. The predicted molar refractivity (Wildman–Crippen MR) is 69.7 cm³/mol. The smallest absolute Gasteiger partial charge is 0.126 e. The van der Waals surface area contributed by atoms with E-state index in [2.05, 4.69) is 4.98 Å². The van der Waals surface area contributed by atoms with Crippen LogP contribution in [0.2, 0.25) is 0 Å². The van der Waals surface area contributed by atoms with Crippen LogP contribution in [0.1, 0.15) is 36.8 Å². The van der Waals surface area contributed by atoms with Crippen LogP contribution in [-0.2, 0) is 13.0 Å². The summed E-state index contributed by atoms with van der Waals surface area (Å²) in [6.07, 6.45) is 4.14. The zero-order valence-corrected chi connectivity index (χ0v) is 10.7. The Bertz CT molecular complexity index is 532. The summed E-state index contributed by atoms with van der Waals surface area (Å²) in [5, 5.41) is 0. The van der Waals surface area contributed by atoms with Crippen molar-refractivity contribution >= 4 is 0 Å². The van der Waals surface area contributed by atoms with Crippen LogP contribution in [0, 0.1) is 5.82 Å². The standard InChI is InChI=1S/C14H18FN3/c1-3-18-7-6-17-14(18)9-12-8-11(10(2)16)4-5-13(12)15/h4-8,10H,3,9,16H2,1-2H3. The van der Waals surface area contributed by atoms with Gasteiger partial charge in [-0.15, -0.1) is 0 Å². The molecule has 2 rings (SSSR count). The molecule has 0 aliphatic carbocycles. The third-order valence-corrected chi connectivity index (χ3v) is 3.09. The summed E-state index contributed by atoms with van der Waals surface area (Å²) in [7, 11) is 0. The molecule has 18 heavy (non-hydrogen) atoms. The molecule has 3 nitrogen and oxygen atoms in total. The first-order chi connectivity index (χ1) is 8.61. The molecule has 2 N–H and O–H groups in total. The summed E-state index contributed by atoms with van der Waals surface area (Å²) in [5.41, 5.74) is 7.41. The first kappa shape index (κ1) is 12.8. The summed E-state index contributed by atoms with van der Waals surface area (Å²) >= 11 is 0. The number of nitrogens with zero attached hydrogens (tertiary/aromatic N) is 2. The molecule has 0 radical (unpaired) electrons. The number of rotatable bonds is 4. The number of benzene rings is 1. The molecule has 0 saturated heterocycles. The van der Waals surface area contributed by atoms with Crippen LogP contribution in [-0.4, -0.2) is 9.55 Å². The van der Waals surface area contributed by atoms with E-state index in [4.69, 9.17) is 5.73 Å². The van der Waals surface area contributed by atoms with Crippen molar-refractivity contribution in [1.29, 1.82) is 0 Å². The Hall–Kier alpha value is -1.68. The van der Waals surface area contributed by atoms with E-state index in [1.165, 1.54) is 6.07 Å². The number of halogens is 1. The molecule has 1 atom stereocenters. The first-order valence-corrected chi connectivity index (χ1v) is 6.15. The van der Waals surface area contributed by atoms with Crippen LogP contribution in [0.5, 0.6) is 0 Å². The van der Waals surface area contributed by atoms with Gasteiger partial charge in [0.15, 0.2) is 0 Å². The van der Waals surface area contributed by atoms with Gasteiger partial charge in [-0.3, -0.25) is 0 Å². The highest BCUT2D eigenvalue weighted by Gasteiger charge is 2.10. The Morgan fingerprint density at radius 1 is 1.44 bits per heavy atom. The fourth-order valence-electron chi connectivity index (χ4n) is 1.98. The molecule has 1 heterocycles. The lowest BCUT2D eigenvalue weighted by atomic mass is 10.0. The fourth-order valence-corrected chi connectivity index (χ4v) is 1.98. The number of aromatic nitrogens is 2. The molecule has 2 aromatic rings. The summed E-state index contributed by atoms with van der Waals surface area (Å²) in [6, 6.07) is 4.95. The van der Waals surface area contributed by atoms with Crippen molar-refractivity contribution in [2.45, 2.75) is 32.9 Å². The summed E-state index contributed by atoms with van der Waals surface area (Å²) in [6.45, 7) is 4.77. The topological polar surface area (TPSA) is 43.8 Å². The van der Waals surface area contributed by atoms with Gasteiger partial charge in [-0.05, 0) is 31.0 Å². The molecule has 1 aromatic carbocycles. The van der Waals surface area contributed by atoms with Crippen LogP contribution >= 0.6 is 0 Å². The molecule has 0 fully saturated rings. The van der Waals surface area contributed by atoms with E-state index in [1.54, 1.807) is 12.3 Å². The highest BCUT2D eigenvalue weighted by atomic mass is 19.1. The molecule has 0 saturated carbocycles. The maximum Gasteiger partial charge on any atom is 0.126 e. The van der Waals surface area contributed by atoms with Crippen molar-refractivity contribution in [2.75, 3.05) is 0 Å². The van der Waals surface area contributed by atoms with E-state index in [0.717, 1.165) is 17.9 Å². The van der Waals surface area contributed by atoms with Crippen LogP contribution in [0.4, 0.5) is 4.39 Å². The number of hydrogen-bond donors (Lipinski definition) is 1. The molecule has 0 spiro atoms. The maximum atomic E-state index is 13.8. The van der Waals surface area contributed by atoms with E-state index < -0.39 is 0 Å². The number of hydrogen-bond acceptors (Lipinski definition) is 2. The van der Waals surface area contributed by atoms with Gasteiger partial charge in [0.1, 0.15) is 11.6 Å². The molecular weight excluding hydrogens is 229 g/mol. The molecule has 0 aliphatic heterocycles. The Kier molecular flexibility index (Phi) is 3.77. The van der Waals surface area contributed by atoms with E-state index in [1.807, 2.05) is 30.7 Å². The lowest BCUT2D eigenvalue weighted by Crippen LogP contribution is -2.08. The summed E-state index contributed by atoms with van der Waals surface area (Å²) in [5.74, 6) is 0.670. The number of nitrogens with two attached hydrogens (primary N) is 1. The van der Waals surface area contributed by atoms with Gasteiger partial charge in [-0.25, -0.2) is 9.37 Å². The Balaban J connectivity index is 2.31. The summed E-state index contributed by atoms with van der Waals surface area (Å²) in [4.78, 5) is 4.26. The van der Waals surface area contributed by atoms with Gasteiger partial charge < -0.3 is 10.3 Å². The minimum Gasteiger partial charge on any atom is -0.335 e. The van der Waals surface area contributed by atoms with Crippen LogP contribution < -0.4 is 5.73 Å². The van der Waals surface area contributed by atoms with E-state index in [-0.39, 0.29) is 11.9 Å². The minimum atomic E-state index is -0.204. The molecule has 0 aliphatic rings. The van der Waals surface area contributed by atoms with E-state index in [9.17, 15) is 4.39 Å². The molecule has 0 amide bonds. The van der Waals surface area contributed by atoms with E-state index in [0.29, 0.717) is 12.0 Å². The average Bonchev–Trinajstić information content (AvgIpc) is 2.79. The number of imidazole rings is 1. The van der Waals surface area contributed by atoms with Gasteiger partial charge in [0.05, 0.1) is 0 Å². The Morgan fingerprint density at radius 3 is 2.89 bits per heavy atom. The second-order valence-electron chi connectivity index (χ2n) is 4.45. The van der Waals surface area contributed by atoms with Crippen LogP contribution in [0.25, 0.3) is 0 Å². The highest BCUT2D eigenvalue weighted by Crippen LogP contribution is 2.18. The first-order valence-electron chi connectivity index (χ1n) is 6.15. The van der Waals surface area contributed by atoms with Gasteiger partial charge in [0.25, 0.3) is 0 Å². The third-order valence-electron chi connectivity index (χ3n) is 3.09.